The number of benzene rings is 2. The molecule has 1 aliphatic heterocycles. The van der Waals surface area contributed by atoms with Gasteiger partial charge < -0.3 is 10.2 Å². The molecule has 3 rings (SSSR count). The van der Waals surface area contributed by atoms with Crippen LogP contribution in [0.3, 0.4) is 0 Å². The second-order valence-electron chi connectivity index (χ2n) is 5.76. The van der Waals surface area contributed by atoms with Gasteiger partial charge in [-0.3, -0.25) is 4.79 Å². The Bertz CT molecular complexity index is 733. The van der Waals surface area contributed by atoms with E-state index < -0.39 is 17.5 Å². The quantitative estimate of drug-likeness (QED) is 0.940. The standard InChI is InChI=1S/C18H18F2N2O/c1-12(22-9-8-13-4-2-3-5-17(13)22)11-21-18(23)14-6-7-15(19)16(20)10-14/h2-7,10,12H,8-9,11H2,1H3,(H,21,23). The van der Waals surface area contributed by atoms with Crippen molar-refractivity contribution in [3.63, 3.8) is 0 Å². The van der Waals surface area contributed by atoms with Gasteiger partial charge in [0.25, 0.3) is 5.91 Å². The highest BCUT2D eigenvalue weighted by atomic mass is 19.2. The summed E-state index contributed by atoms with van der Waals surface area (Å²) in [6.07, 6.45) is 0.998. The summed E-state index contributed by atoms with van der Waals surface area (Å²) < 4.78 is 26.1. The fraction of sp³-hybridized carbons (Fsp3) is 0.278. The van der Waals surface area contributed by atoms with Crippen LogP contribution in [0.15, 0.2) is 42.5 Å². The van der Waals surface area contributed by atoms with Gasteiger partial charge in [0.1, 0.15) is 0 Å². The van der Waals surface area contributed by atoms with Gasteiger partial charge in [-0.1, -0.05) is 18.2 Å². The van der Waals surface area contributed by atoms with Gasteiger partial charge in [0.05, 0.1) is 0 Å². The number of nitrogens with one attached hydrogen (secondary N) is 1. The minimum atomic E-state index is -1.01. The molecule has 2 aromatic rings. The van der Waals surface area contributed by atoms with E-state index in [1.54, 1.807) is 0 Å². The SMILES string of the molecule is CC(CNC(=O)c1ccc(F)c(F)c1)N1CCc2ccccc21. The molecule has 2 aromatic carbocycles. The molecule has 120 valence electrons. The molecular weight excluding hydrogens is 298 g/mol. The van der Waals surface area contributed by atoms with Crippen LogP contribution in [0.1, 0.15) is 22.8 Å². The van der Waals surface area contributed by atoms with E-state index in [2.05, 4.69) is 22.3 Å². The van der Waals surface area contributed by atoms with Crippen molar-refractivity contribution in [2.75, 3.05) is 18.0 Å². The smallest absolute Gasteiger partial charge is 0.251 e. The van der Waals surface area contributed by atoms with Crippen LogP contribution in [0.25, 0.3) is 0 Å². The maximum atomic E-state index is 13.2. The van der Waals surface area contributed by atoms with Gasteiger partial charge in [-0.25, -0.2) is 8.78 Å². The lowest BCUT2D eigenvalue weighted by Gasteiger charge is -2.27. The fourth-order valence-electron chi connectivity index (χ4n) is 2.91. The molecule has 0 spiro atoms. The number of carbonyl (C=O) groups is 1. The van der Waals surface area contributed by atoms with E-state index in [4.69, 9.17) is 0 Å². The molecule has 0 radical (unpaired) electrons. The van der Waals surface area contributed by atoms with Crippen molar-refractivity contribution >= 4 is 11.6 Å². The Morgan fingerprint density at radius 1 is 1.22 bits per heavy atom. The van der Waals surface area contributed by atoms with Crippen LogP contribution in [-0.4, -0.2) is 25.0 Å². The van der Waals surface area contributed by atoms with Gasteiger partial charge in [0.15, 0.2) is 11.6 Å². The largest absolute Gasteiger partial charge is 0.366 e. The molecular formula is C18H18F2N2O. The van der Waals surface area contributed by atoms with E-state index in [9.17, 15) is 13.6 Å². The lowest BCUT2D eigenvalue weighted by molar-refractivity contribution is 0.0951. The predicted molar refractivity (Wildman–Crippen MR) is 85.6 cm³/mol. The third-order valence-corrected chi connectivity index (χ3v) is 4.19. The number of nitrogens with zero attached hydrogens (tertiary/aromatic N) is 1. The normalized spacial score (nSPS) is 14.5. The minimum absolute atomic E-state index is 0.118. The van der Waals surface area contributed by atoms with Crippen molar-refractivity contribution < 1.29 is 13.6 Å². The van der Waals surface area contributed by atoms with E-state index in [1.165, 1.54) is 17.3 Å². The molecule has 0 aliphatic carbocycles. The summed E-state index contributed by atoms with van der Waals surface area (Å²) in [4.78, 5) is 14.3. The Morgan fingerprint density at radius 2 is 2.00 bits per heavy atom. The maximum Gasteiger partial charge on any atom is 0.251 e. The average molecular weight is 316 g/mol. The molecule has 1 unspecified atom stereocenters. The first-order chi connectivity index (χ1) is 11.1. The average Bonchev–Trinajstić information content (AvgIpc) is 2.99. The summed E-state index contributed by atoms with van der Waals surface area (Å²) in [6.45, 7) is 3.39. The fourth-order valence-corrected chi connectivity index (χ4v) is 2.91. The number of halogens is 2. The van der Waals surface area contributed by atoms with Crippen molar-refractivity contribution in [2.24, 2.45) is 0 Å². The molecule has 0 aromatic heterocycles. The number of hydrogen-bond acceptors (Lipinski definition) is 2. The van der Waals surface area contributed by atoms with E-state index in [0.717, 1.165) is 25.1 Å². The number of anilines is 1. The zero-order valence-corrected chi connectivity index (χ0v) is 12.9. The van der Waals surface area contributed by atoms with Gasteiger partial charge >= 0.3 is 0 Å². The zero-order chi connectivity index (χ0) is 16.4. The number of fused-ring (bicyclic) bond motifs is 1. The molecule has 1 N–H and O–H groups in total. The lowest BCUT2D eigenvalue weighted by atomic mass is 10.1. The van der Waals surface area contributed by atoms with Crippen molar-refractivity contribution in [1.82, 2.24) is 5.32 Å². The van der Waals surface area contributed by atoms with Crippen LogP contribution < -0.4 is 10.2 Å². The molecule has 3 nitrogen and oxygen atoms in total. The maximum absolute atomic E-state index is 13.2. The van der Waals surface area contributed by atoms with E-state index >= 15 is 0 Å². The molecule has 0 bridgehead atoms. The first kappa shape index (κ1) is 15.5. The molecule has 0 saturated heterocycles. The second kappa shape index (κ2) is 6.36. The summed E-state index contributed by atoms with van der Waals surface area (Å²) >= 11 is 0. The first-order valence-corrected chi connectivity index (χ1v) is 7.64. The van der Waals surface area contributed by atoms with Crippen molar-refractivity contribution in [3.05, 3.63) is 65.2 Å². The summed E-state index contributed by atoms with van der Waals surface area (Å²) in [5.41, 5.74) is 2.63. The zero-order valence-electron chi connectivity index (χ0n) is 12.9. The Labute approximate surface area is 133 Å². The number of para-hydroxylation sites is 1. The highest BCUT2D eigenvalue weighted by molar-refractivity contribution is 5.94. The van der Waals surface area contributed by atoms with Crippen LogP contribution in [0.5, 0.6) is 0 Å². The summed E-state index contributed by atoms with van der Waals surface area (Å²) in [5.74, 6) is -2.37. The topological polar surface area (TPSA) is 32.3 Å². The lowest BCUT2D eigenvalue weighted by Crippen LogP contribution is -2.41. The van der Waals surface area contributed by atoms with Crippen molar-refractivity contribution in [2.45, 2.75) is 19.4 Å². The number of carbonyl (C=O) groups excluding carboxylic acids is 1. The summed E-state index contributed by atoms with van der Waals surface area (Å²) in [5, 5.41) is 2.78. The monoisotopic (exact) mass is 316 g/mol. The van der Waals surface area contributed by atoms with E-state index in [1.807, 2.05) is 19.1 Å². The second-order valence-corrected chi connectivity index (χ2v) is 5.76. The van der Waals surface area contributed by atoms with Crippen LogP contribution in [-0.2, 0) is 6.42 Å². The van der Waals surface area contributed by atoms with Crippen LogP contribution >= 0.6 is 0 Å². The summed E-state index contributed by atoms with van der Waals surface area (Å²) in [6, 6.07) is 11.5. The Hall–Kier alpha value is -2.43. The molecule has 1 amide bonds. The third-order valence-electron chi connectivity index (χ3n) is 4.19. The molecule has 5 heteroatoms. The van der Waals surface area contributed by atoms with Crippen LogP contribution in [0.4, 0.5) is 14.5 Å². The van der Waals surface area contributed by atoms with Gasteiger partial charge in [-0.05, 0) is 43.2 Å². The van der Waals surface area contributed by atoms with Gasteiger partial charge in [-0.15, -0.1) is 0 Å². The van der Waals surface area contributed by atoms with Crippen molar-refractivity contribution in [3.8, 4) is 0 Å². The molecule has 1 aliphatic rings. The number of rotatable bonds is 4. The predicted octanol–water partition coefficient (Wildman–Crippen LogP) is 3.15. The molecule has 1 atom stereocenters. The molecule has 0 fully saturated rings. The first-order valence-electron chi connectivity index (χ1n) is 7.64. The third kappa shape index (κ3) is 3.18. The van der Waals surface area contributed by atoms with Gasteiger partial charge in [0.2, 0.25) is 0 Å². The number of amides is 1. The molecule has 0 saturated carbocycles. The van der Waals surface area contributed by atoms with Crippen LogP contribution in [0.2, 0.25) is 0 Å². The Kier molecular flexibility index (Phi) is 4.28. The summed E-state index contributed by atoms with van der Waals surface area (Å²) in [7, 11) is 0. The molecule has 23 heavy (non-hydrogen) atoms. The van der Waals surface area contributed by atoms with Gasteiger partial charge in [-0.2, -0.15) is 0 Å². The van der Waals surface area contributed by atoms with Gasteiger partial charge in [0, 0.05) is 30.4 Å². The highest BCUT2D eigenvalue weighted by Crippen LogP contribution is 2.28. The number of hydrogen-bond donors (Lipinski definition) is 1. The highest BCUT2D eigenvalue weighted by Gasteiger charge is 2.23. The van der Waals surface area contributed by atoms with E-state index in [-0.39, 0.29) is 11.6 Å². The van der Waals surface area contributed by atoms with Crippen molar-refractivity contribution in [1.29, 1.82) is 0 Å². The minimum Gasteiger partial charge on any atom is -0.366 e. The Balaban J connectivity index is 1.62. The van der Waals surface area contributed by atoms with Crippen LogP contribution in [0, 0.1) is 11.6 Å². The van der Waals surface area contributed by atoms with E-state index in [0.29, 0.717) is 6.54 Å². The Morgan fingerprint density at radius 3 is 2.78 bits per heavy atom. The molecule has 1 heterocycles.